The van der Waals surface area contributed by atoms with Gasteiger partial charge in [-0.15, -0.1) is 11.3 Å². The second kappa shape index (κ2) is 5.40. The highest BCUT2D eigenvalue weighted by molar-refractivity contribution is 9.11. The standard InChI is InChI=1S/C13H10BrClN2S2/c14-12-4-2-9(19-12)5-6-17-11-7-8(15)1-3-10(11)16-13(17)18/h1-4,7H,5-6H2,(H,16,18). The molecule has 0 aliphatic rings. The number of hydrogen-bond donors (Lipinski definition) is 1. The molecule has 2 nitrogen and oxygen atoms in total. The summed E-state index contributed by atoms with van der Waals surface area (Å²) in [5, 5.41) is 0.731. The second-order valence-corrected chi connectivity index (χ2v) is 7.57. The van der Waals surface area contributed by atoms with E-state index < -0.39 is 0 Å². The van der Waals surface area contributed by atoms with Crippen molar-refractivity contribution in [3.05, 3.63) is 48.8 Å². The number of imidazole rings is 1. The molecule has 0 aliphatic carbocycles. The van der Waals surface area contributed by atoms with E-state index in [2.05, 4.69) is 37.6 Å². The van der Waals surface area contributed by atoms with Crippen molar-refractivity contribution in [3.63, 3.8) is 0 Å². The lowest BCUT2D eigenvalue weighted by molar-refractivity contribution is 0.712. The summed E-state index contributed by atoms with van der Waals surface area (Å²) in [6.07, 6.45) is 0.962. The van der Waals surface area contributed by atoms with Gasteiger partial charge in [0.2, 0.25) is 0 Å². The Labute approximate surface area is 133 Å². The quantitative estimate of drug-likeness (QED) is 0.608. The van der Waals surface area contributed by atoms with Crippen molar-refractivity contribution in [2.75, 3.05) is 0 Å². The van der Waals surface area contributed by atoms with Gasteiger partial charge < -0.3 is 9.55 Å². The van der Waals surface area contributed by atoms with Crippen LogP contribution in [0.3, 0.4) is 0 Å². The van der Waals surface area contributed by atoms with Crippen LogP contribution in [0.2, 0.25) is 5.02 Å². The molecule has 0 saturated heterocycles. The van der Waals surface area contributed by atoms with Crippen LogP contribution in [0.15, 0.2) is 34.1 Å². The summed E-state index contributed by atoms with van der Waals surface area (Å²) in [5.74, 6) is 0. The number of benzene rings is 1. The van der Waals surface area contributed by atoms with E-state index in [-0.39, 0.29) is 0 Å². The second-order valence-electron chi connectivity index (χ2n) is 4.20. The molecule has 98 valence electrons. The lowest BCUT2D eigenvalue weighted by Crippen LogP contribution is -2.00. The number of nitrogens with one attached hydrogen (secondary N) is 1. The predicted molar refractivity (Wildman–Crippen MR) is 87.9 cm³/mol. The topological polar surface area (TPSA) is 20.7 Å². The fourth-order valence-corrected chi connectivity index (χ4v) is 3.99. The molecule has 2 heterocycles. The molecule has 0 saturated carbocycles. The molecule has 0 aliphatic heterocycles. The SMILES string of the molecule is S=c1[nH]c2ccc(Cl)cc2n1CCc1ccc(Br)s1. The van der Waals surface area contributed by atoms with Crippen molar-refractivity contribution in [1.82, 2.24) is 9.55 Å². The van der Waals surface area contributed by atoms with E-state index in [1.165, 1.54) is 4.88 Å². The number of thiophene rings is 1. The van der Waals surface area contributed by atoms with E-state index in [0.29, 0.717) is 0 Å². The molecular weight excluding hydrogens is 364 g/mol. The van der Waals surface area contributed by atoms with Gasteiger partial charge in [-0.1, -0.05) is 11.6 Å². The van der Waals surface area contributed by atoms with Gasteiger partial charge in [-0.05, 0) is 64.9 Å². The highest BCUT2D eigenvalue weighted by Crippen LogP contribution is 2.24. The fourth-order valence-electron chi connectivity index (χ4n) is 2.06. The third kappa shape index (κ3) is 2.79. The summed E-state index contributed by atoms with van der Waals surface area (Å²) in [6, 6.07) is 10.0. The largest absolute Gasteiger partial charge is 0.331 e. The van der Waals surface area contributed by atoms with E-state index in [0.717, 1.165) is 37.6 Å². The van der Waals surface area contributed by atoms with Gasteiger partial charge in [-0.25, -0.2) is 0 Å². The van der Waals surface area contributed by atoms with E-state index >= 15 is 0 Å². The number of H-pyrrole nitrogens is 1. The maximum atomic E-state index is 6.06. The Bertz CT molecular complexity index is 787. The average molecular weight is 374 g/mol. The number of aryl methyl sites for hydroxylation is 2. The minimum atomic E-state index is 0.731. The van der Waals surface area contributed by atoms with Crippen molar-refractivity contribution in [2.45, 2.75) is 13.0 Å². The average Bonchev–Trinajstić information content (AvgIpc) is 2.90. The zero-order chi connectivity index (χ0) is 13.4. The van der Waals surface area contributed by atoms with Gasteiger partial charge >= 0.3 is 0 Å². The molecule has 3 aromatic rings. The van der Waals surface area contributed by atoms with Crippen LogP contribution in [0.5, 0.6) is 0 Å². The smallest absolute Gasteiger partial charge is 0.178 e. The molecule has 0 unspecified atom stereocenters. The highest BCUT2D eigenvalue weighted by Gasteiger charge is 2.06. The Morgan fingerprint density at radius 2 is 2.16 bits per heavy atom. The Morgan fingerprint density at radius 1 is 1.32 bits per heavy atom. The maximum absolute atomic E-state index is 6.06. The number of halogens is 2. The number of fused-ring (bicyclic) bond motifs is 1. The van der Waals surface area contributed by atoms with Gasteiger partial charge in [-0.2, -0.15) is 0 Å². The molecule has 6 heteroatoms. The summed E-state index contributed by atoms with van der Waals surface area (Å²) in [6.45, 7) is 0.853. The Balaban J connectivity index is 1.94. The maximum Gasteiger partial charge on any atom is 0.178 e. The third-order valence-corrected chi connectivity index (χ3v) is 5.19. The Kier molecular flexibility index (Phi) is 3.80. The number of aromatic nitrogens is 2. The minimum Gasteiger partial charge on any atom is -0.331 e. The number of hydrogen-bond acceptors (Lipinski definition) is 2. The van der Waals surface area contributed by atoms with Crippen LogP contribution in [-0.2, 0) is 13.0 Å². The lowest BCUT2D eigenvalue weighted by Gasteiger charge is -2.03. The van der Waals surface area contributed by atoms with Crippen molar-refractivity contribution in [3.8, 4) is 0 Å². The third-order valence-electron chi connectivity index (χ3n) is 2.95. The zero-order valence-electron chi connectivity index (χ0n) is 9.82. The summed E-state index contributed by atoms with van der Waals surface area (Å²) in [5.41, 5.74) is 2.09. The first kappa shape index (κ1) is 13.4. The van der Waals surface area contributed by atoms with Gasteiger partial charge in [-0.3, -0.25) is 0 Å². The van der Waals surface area contributed by atoms with Gasteiger partial charge in [0.1, 0.15) is 0 Å². The van der Waals surface area contributed by atoms with Crippen LogP contribution in [0, 0.1) is 4.77 Å². The summed E-state index contributed by atoms with van der Waals surface area (Å²) in [7, 11) is 0. The summed E-state index contributed by atoms with van der Waals surface area (Å²) < 4.78 is 4.01. The molecule has 1 N–H and O–H groups in total. The van der Waals surface area contributed by atoms with Crippen molar-refractivity contribution in [2.24, 2.45) is 0 Å². The molecule has 1 aromatic carbocycles. The molecule has 0 radical (unpaired) electrons. The van der Waals surface area contributed by atoms with E-state index in [1.54, 1.807) is 11.3 Å². The minimum absolute atomic E-state index is 0.731. The van der Waals surface area contributed by atoms with Crippen molar-refractivity contribution < 1.29 is 0 Å². The number of rotatable bonds is 3. The molecule has 2 aromatic heterocycles. The first-order valence-corrected chi connectivity index (χ1v) is 8.15. The molecular formula is C13H10BrClN2S2. The van der Waals surface area contributed by atoms with Crippen molar-refractivity contribution in [1.29, 1.82) is 0 Å². The van der Waals surface area contributed by atoms with Gasteiger partial charge in [0, 0.05) is 16.4 Å². The lowest BCUT2D eigenvalue weighted by atomic mass is 10.3. The first-order chi connectivity index (χ1) is 9.13. The highest BCUT2D eigenvalue weighted by atomic mass is 79.9. The van der Waals surface area contributed by atoms with Gasteiger partial charge in [0.15, 0.2) is 4.77 Å². The molecule has 3 rings (SSSR count). The zero-order valence-corrected chi connectivity index (χ0v) is 13.8. The summed E-state index contributed by atoms with van der Waals surface area (Å²) in [4.78, 5) is 4.55. The van der Waals surface area contributed by atoms with E-state index in [9.17, 15) is 0 Å². The molecule has 19 heavy (non-hydrogen) atoms. The van der Waals surface area contributed by atoms with Gasteiger partial charge in [0.05, 0.1) is 14.8 Å². The Morgan fingerprint density at radius 3 is 2.89 bits per heavy atom. The van der Waals surface area contributed by atoms with Crippen LogP contribution < -0.4 is 0 Å². The van der Waals surface area contributed by atoms with Crippen LogP contribution in [0.25, 0.3) is 11.0 Å². The van der Waals surface area contributed by atoms with Crippen LogP contribution in [0.1, 0.15) is 4.88 Å². The molecule has 0 bridgehead atoms. The molecule has 0 atom stereocenters. The fraction of sp³-hybridized carbons (Fsp3) is 0.154. The van der Waals surface area contributed by atoms with Crippen LogP contribution >= 0.6 is 51.1 Å². The monoisotopic (exact) mass is 372 g/mol. The van der Waals surface area contributed by atoms with Crippen LogP contribution in [0.4, 0.5) is 0 Å². The van der Waals surface area contributed by atoms with E-state index in [1.807, 2.05) is 18.2 Å². The number of aromatic amines is 1. The molecule has 0 spiro atoms. The molecule has 0 fully saturated rings. The van der Waals surface area contributed by atoms with Crippen molar-refractivity contribution >= 4 is 62.1 Å². The van der Waals surface area contributed by atoms with E-state index in [4.69, 9.17) is 23.8 Å². The normalized spacial score (nSPS) is 11.3. The summed E-state index contributed by atoms with van der Waals surface area (Å²) >= 11 is 16.7. The Hall–Kier alpha value is -0.620. The predicted octanol–water partition coefficient (Wildman–Crippen LogP) is 5.42. The first-order valence-electron chi connectivity index (χ1n) is 5.76. The number of nitrogens with zero attached hydrogens (tertiary/aromatic N) is 1. The molecule has 0 amide bonds. The van der Waals surface area contributed by atoms with Crippen LogP contribution in [-0.4, -0.2) is 9.55 Å². The van der Waals surface area contributed by atoms with Gasteiger partial charge in [0.25, 0.3) is 0 Å².